The molecule has 1 N–H and O–H groups in total. The summed E-state index contributed by atoms with van der Waals surface area (Å²) in [5.74, 6) is 1.76. The van der Waals surface area contributed by atoms with Gasteiger partial charge in [0.25, 0.3) is 0 Å². The van der Waals surface area contributed by atoms with E-state index in [0.29, 0.717) is 12.1 Å². The molecule has 2 fully saturated rings. The Hall–Kier alpha value is -0.720. The molecular weight excluding hydrogens is 373 g/mol. The topological polar surface area (TPSA) is 37.0 Å². The SMILES string of the molecule is CN1CCCN(CC2COc3ccccc3O2)CC12CCNCC2.Cl.Cl. The molecule has 1 atom stereocenters. The molecule has 1 aromatic carbocycles. The molecule has 26 heavy (non-hydrogen) atoms. The second-order valence-electron chi connectivity index (χ2n) is 7.48. The van der Waals surface area contributed by atoms with Crippen molar-refractivity contribution in [3.05, 3.63) is 24.3 Å². The van der Waals surface area contributed by atoms with Gasteiger partial charge in [-0.25, -0.2) is 0 Å². The molecule has 2 saturated heterocycles. The number of halogens is 2. The van der Waals surface area contributed by atoms with Crippen molar-refractivity contribution in [3.8, 4) is 11.5 Å². The summed E-state index contributed by atoms with van der Waals surface area (Å²) in [6.07, 6.45) is 3.84. The van der Waals surface area contributed by atoms with Crippen molar-refractivity contribution in [2.24, 2.45) is 0 Å². The van der Waals surface area contributed by atoms with Gasteiger partial charge >= 0.3 is 0 Å². The molecule has 1 spiro atoms. The Balaban J connectivity index is 0.00000121. The Labute approximate surface area is 169 Å². The molecule has 5 nitrogen and oxygen atoms in total. The van der Waals surface area contributed by atoms with E-state index in [1.165, 1.54) is 25.8 Å². The molecule has 0 saturated carbocycles. The molecule has 3 aliphatic heterocycles. The van der Waals surface area contributed by atoms with Gasteiger partial charge in [0.05, 0.1) is 0 Å². The number of benzene rings is 1. The zero-order valence-corrected chi connectivity index (χ0v) is 17.1. The Kier molecular flexibility index (Phi) is 7.86. The van der Waals surface area contributed by atoms with Crippen LogP contribution < -0.4 is 14.8 Å². The van der Waals surface area contributed by atoms with Crippen molar-refractivity contribution in [3.63, 3.8) is 0 Å². The fourth-order valence-corrected chi connectivity index (χ4v) is 4.41. The zero-order valence-electron chi connectivity index (χ0n) is 15.5. The molecule has 3 aliphatic rings. The van der Waals surface area contributed by atoms with Gasteiger partial charge in [-0.05, 0) is 64.6 Å². The van der Waals surface area contributed by atoms with Crippen LogP contribution in [0.3, 0.4) is 0 Å². The molecule has 1 unspecified atom stereocenters. The minimum Gasteiger partial charge on any atom is -0.486 e. The minimum atomic E-state index is 0. The maximum Gasteiger partial charge on any atom is 0.161 e. The van der Waals surface area contributed by atoms with Gasteiger partial charge in [0.2, 0.25) is 0 Å². The van der Waals surface area contributed by atoms with Gasteiger partial charge in [0.1, 0.15) is 12.7 Å². The van der Waals surface area contributed by atoms with Gasteiger partial charge in [-0.15, -0.1) is 24.8 Å². The van der Waals surface area contributed by atoms with Crippen LogP contribution in [0.15, 0.2) is 24.3 Å². The second kappa shape index (κ2) is 9.47. The summed E-state index contributed by atoms with van der Waals surface area (Å²) in [5.41, 5.74) is 0.329. The lowest BCUT2D eigenvalue weighted by Gasteiger charge is -2.46. The third kappa shape index (κ3) is 4.57. The van der Waals surface area contributed by atoms with Crippen LogP contribution in [0, 0.1) is 0 Å². The molecule has 1 aromatic rings. The smallest absolute Gasteiger partial charge is 0.161 e. The summed E-state index contributed by atoms with van der Waals surface area (Å²) in [4.78, 5) is 5.22. The van der Waals surface area contributed by atoms with Crippen LogP contribution >= 0.6 is 24.8 Å². The lowest BCUT2D eigenvalue weighted by atomic mass is 9.86. The van der Waals surface area contributed by atoms with Crippen molar-refractivity contribution >= 4 is 24.8 Å². The maximum absolute atomic E-state index is 6.19. The van der Waals surface area contributed by atoms with Gasteiger partial charge < -0.3 is 14.8 Å². The van der Waals surface area contributed by atoms with Crippen LogP contribution in [0.4, 0.5) is 0 Å². The lowest BCUT2D eigenvalue weighted by molar-refractivity contribution is 0.0303. The highest BCUT2D eigenvalue weighted by molar-refractivity contribution is 5.85. The fraction of sp³-hybridized carbons (Fsp3) is 0.684. The first kappa shape index (κ1) is 21.6. The number of hydrogen-bond donors (Lipinski definition) is 1. The highest BCUT2D eigenvalue weighted by Crippen LogP contribution is 2.32. The van der Waals surface area contributed by atoms with Crippen molar-refractivity contribution < 1.29 is 9.47 Å². The number of nitrogens with one attached hydrogen (secondary N) is 1. The van der Waals surface area contributed by atoms with E-state index in [-0.39, 0.29) is 30.9 Å². The minimum absolute atomic E-state index is 0. The van der Waals surface area contributed by atoms with Gasteiger partial charge in [0.15, 0.2) is 11.5 Å². The molecule has 0 radical (unpaired) electrons. The number of ether oxygens (including phenoxy) is 2. The van der Waals surface area contributed by atoms with E-state index < -0.39 is 0 Å². The molecule has 0 bridgehead atoms. The van der Waals surface area contributed by atoms with Crippen LogP contribution in [0.1, 0.15) is 19.3 Å². The molecule has 3 heterocycles. The van der Waals surface area contributed by atoms with Gasteiger partial charge in [-0.2, -0.15) is 0 Å². The molecule has 0 aromatic heterocycles. The molecule has 7 heteroatoms. The van der Waals surface area contributed by atoms with Crippen LogP contribution in [0.2, 0.25) is 0 Å². The third-order valence-electron chi connectivity index (χ3n) is 5.86. The van der Waals surface area contributed by atoms with E-state index in [0.717, 1.165) is 44.2 Å². The monoisotopic (exact) mass is 403 g/mol. The van der Waals surface area contributed by atoms with Crippen LogP contribution in [-0.2, 0) is 0 Å². The highest BCUT2D eigenvalue weighted by atomic mass is 35.5. The van der Waals surface area contributed by atoms with E-state index in [1.807, 2.05) is 24.3 Å². The number of rotatable bonds is 2. The van der Waals surface area contributed by atoms with E-state index >= 15 is 0 Å². The van der Waals surface area contributed by atoms with Crippen LogP contribution in [0.25, 0.3) is 0 Å². The number of hydrogen-bond acceptors (Lipinski definition) is 5. The van der Waals surface area contributed by atoms with Crippen molar-refractivity contribution in [2.75, 3.05) is 52.9 Å². The number of fused-ring (bicyclic) bond motifs is 1. The largest absolute Gasteiger partial charge is 0.486 e. The number of nitrogens with zero attached hydrogens (tertiary/aromatic N) is 2. The summed E-state index contributed by atoms with van der Waals surface area (Å²) in [7, 11) is 2.31. The van der Waals surface area contributed by atoms with E-state index in [1.54, 1.807) is 0 Å². The fourth-order valence-electron chi connectivity index (χ4n) is 4.41. The molecule has 0 amide bonds. The van der Waals surface area contributed by atoms with E-state index in [2.05, 4.69) is 22.2 Å². The van der Waals surface area contributed by atoms with E-state index in [9.17, 15) is 0 Å². The first-order valence-electron chi connectivity index (χ1n) is 9.28. The number of likely N-dealkylation sites (N-methyl/N-ethyl adjacent to an activating group) is 1. The highest BCUT2D eigenvalue weighted by Gasteiger charge is 2.39. The van der Waals surface area contributed by atoms with Crippen LogP contribution in [-0.4, -0.2) is 74.4 Å². The summed E-state index contributed by atoms with van der Waals surface area (Å²) in [5, 5.41) is 3.51. The molecular formula is C19H31Cl2N3O2. The summed E-state index contributed by atoms with van der Waals surface area (Å²) in [6, 6.07) is 7.99. The van der Waals surface area contributed by atoms with E-state index in [4.69, 9.17) is 9.47 Å². The summed E-state index contributed by atoms with van der Waals surface area (Å²) >= 11 is 0. The Morgan fingerprint density at radius 2 is 1.85 bits per heavy atom. The predicted molar refractivity (Wildman–Crippen MR) is 109 cm³/mol. The van der Waals surface area contributed by atoms with Gasteiger partial charge in [-0.1, -0.05) is 12.1 Å². The third-order valence-corrected chi connectivity index (χ3v) is 5.86. The van der Waals surface area contributed by atoms with Gasteiger partial charge in [-0.3, -0.25) is 9.80 Å². The first-order valence-corrected chi connectivity index (χ1v) is 9.28. The summed E-state index contributed by atoms with van der Waals surface area (Å²) < 4.78 is 12.1. The van der Waals surface area contributed by atoms with Crippen molar-refractivity contribution in [1.82, 2.24) is 15.1 Å². The normalized spacial score (nSPS) is 25.7. The average molecular weight is 404 g/mol. The zero-order chi connectivity index (χ0) is 16.4. The quantitative estimate of drug-likeness (QED) is 0.820. The Morgan fingerprint density at radius 3 is 2.62 bits per heavy atom. The van der Waals surface area contributed by atoms with Crippen molar-refractivity contribution in [1.29, 1.82) is 0 Å². The first-order chi connectivity index (χ1) is 11.8. The standard InChI is InChI=1S/C19H29N3O2.2ClH/c1-21-11-4-12-22(15-19(21)7-9-20-10-8-19)13-16-14-23-17-5-2-3-6-18(17)24-16;;/h2-3,5-6,16,20H,4,7-15H2,1H3;2*1H. The van der Waals surface area contributed by atoms with Crippen molar-refractivity contribution in [2.45, 2.75) is 30.9 Å². The number of para-hydroxylation sites is 2. The Morgan fingerprint density at radius 1 is 1.12 bits per heavy atom. The van der Waals surface area contributed by atoms with Gasteiger partial charge in [0, 0.05) is 18.6 Å². The molecule has 4 rings (SSSR count). The lowest BCUT2D eigenvalue weighted by Crippen LogP contribution is -2.58. The molecule has 0 aliphatic carbocycles. The number of piperidine rings is 1. The average Bonchev–Trinajstić information content (AvgIpc) is 2.75. The molecule has 148 valence electrons. The second-order valence-corrected chi connectivity index (χ2v) is 7.48. The summed E-state index contributed by atoms with van der Waals surface area (Å²) in [6.45, 7) is 7.37. The van der Waals surface area contributed by atoms with Crippen LogP contribution in [0.5, 0.6) is 11.5 Å². The maximum atomic E-state index is 6.19. The Bertz CT molecular complexity index is 569. The predicted octanol–water partition coefficient (Wildman–Crippen LogP) is 2.43.